The van der Waals surface area contributed by atoms with Crippen molar-refractivity contribution in [3.05, 3.63) is 52.9 Å². The van der Waals surface area contributed by atoms with Crippen LogP contribution in [0.4, 0.5) is 4.39 Å². The van der Waals surface area contributed by atoms with Gasteiger partial charge in [-0.1, -0.05) is 6.07 Å². The number of hydrogen-bond donors (Lipinski definition) is 0. The van der Waals surface area contributed by atoms with Gasteiger partial charge >= 0.3 is 0 Å². The lowest BCUT2D eigenvalue weighted by atomic mass is 10.0. The fourth-order valence-corrected chi connectivity index (χ4v) is 3.59. The van der Waals surface area contributed by atoms with Crippen LogP contribution in [0.15, 0.2) is 24.4 Å². The highest BCUT2D eigenvalue weighted by atomic mass is 19.1. The van der Waals surface area contributed by atoms with Crippen LogP contribution in [0.2, 0.25) is 0 Å². The van der Waals surface area contributed by atoms with Crippen molar-refractivity contribution < 1.29 is 9.13 Å². The van der Waals surface area contributed by atoms with Crippen molar-refractivity contribution in [3.8, 4) is 5.75 Å². The molecule has 0 spiro atoms. The topological polar surface area (TPSA) is 41.5 Å². The van der Waals surface area contributed by atoms with Gasteiger partial charge in [0.1, 0.15) is 17.4 Å². The predicted molar refractivity (Wildman–Crippen MR) is 99.5 cm³/mol. The van der Waals surface area contributed by atoms with E-state index < -0.39 is 0 Å². The van der Waals surface area contributed by atoms with Gasteiger partial charge in [0.2, 0.25) is 0 Å². The normalized spacial score (nSPS) is 17.8. The van der Waals surface area contributed by atoms with Crippen molar-refractivity contribution in [3.63, 3.8) is 0 Å². The fraction of sp³-hybridized carbons (Fsp3) is 0.500. The van der Waals surface area contributed by atoms with Crippen LogP contribution in [-0.4, -0.2) is 47.5 Å². The first kappa shape index (κ1) is 18.7. The number of nitrogens with zero attached hydrogens (tertiary/aromatic N) is 4. The summed E-state index contributed by atoms with van der Waals surface area (Å²) < 4.78 is 19.5. The Morgan fingerprint density at radius 2 is 2.12 bits per heavy atom. The van der Waals surface area contributed by atoms with Crippen LogP contribution < -0.4 is 4.74 Å². The highest BCUT2D eigenvalue weighted by Crippen LogP contribution is 2.34. The molecule has 1 fully saturated rings. The maximum Gasteiger partial charge on any atom is 0.131 e. The highest BCUT2D eigenvalue weighted by molar-refractivity contribution is 5.29. The number of aromatic nitrogens is 2. The van der Waals surface area contributed by atoms with Gasteiger partial charge < -0.3 is 9.64 Å². The Labute approximate surface area is 154 Å². The van der Waals surface area contributed by atoms with Gasteiger partial charge in [-0.2, -0.15) is 0 Å². The van der Waals surface area contributed by atoms with Gasteiger partial charge in [0.05, 0.1) is 18.8 Å². The molecule has 1 aliphatic rings. The number of methoxy groups -OCH3 is 1. The Hall–Kier alpha value is -2.05. The van der Waals surface area contributed by atoms with Crippen LogP contribution in [-0.2, 0) is 13.1 Å². The molecule has 1 saturated heterocycles. The molecule has 5 nitrogen and oxygen atoms in total. The van der Waals surface area contributed by atoms with Crippen LogP contribution in [0.25, 0.3) is 0 Å². The standard InChI is InChI=1S/C20H27FN4O/c1-14-22-11-16(12-24(2)3)20(23-14)19-6-5-9-25(19)13-15-7-8-17(26-4)10-18(15)21/h7-8,10-11,19H,5-6,9,12-13H2,1-4H3/t19-/m0/s1. The first-order valence-electron chi connectivity index (χ1n) is 9.01. The van der Waals surface area contributed by atoms with Gasteiger partial charge in [-0.15, -0.1) is 0 Å². The van der Waals surface area contributed by atoms with Crippen LogP contribution >= 0.6 is 0 Å². The second-order valence-corrected chi connectivity index (χ2v) is 7.15. The maximum absolute atomic E-state index is 14.4. The lowest BCUT2D eigenvalue weighted by Gasteiger charge is -2.26. The lowest BCUT2D eigenvalue weighted by Crippen LogP contribution is -2.26. The lowest BCUT2D eigenvalue weighted by molar-refractivity contribution is 0.237. The summed E-state index contributed by atoms with van der Waals surface area (Å²) in [6, 6.07) is 5.28. The summed E-state index contributed by atoms with van der Waals surface area (Å²) in [5, 5.41) is 0. The Bertz CT molecular complexity index is 765. The van der Waals surface area contributed by atoms with Gasteiger partial charge in [0.15, 0.2) is 0 Å². The van der Waals surface area contributed by atoms with Crippen molar-refractivity contribution in [1.29, 1.82) is 0 Å². The van der Waals surface area contributed by atoms with Crippen molar-refractivity contribution in [2.75, 3.05) is 27.7 Å². The van der Waals surface area contributed by atoms with Gasteiger partial charge in [-0.05, 0) is 46.5 Å². The number of hydrogen-bond acceptors (Lipinski definition) is 5. The monoisotopic (exact) mass is 358 g/mol. The summed E-state index contributed by atoms with van der Waals surface area (Å²) in [6.45, 7) is 4.24. The molecule has 0 bridgehead atoms. The quantitative estimate of drug-likeness (QED) is 0.792. The summed E-state index contributed by atoms with van der Waals surface area (Å²) >= 11 is 0. The Morgan fingerprint density at radius 1 is 1.31 bits per heavy atom. The van der Waals surface area contributed by atoms with E-state index in [1.807, 2.05) is 39.3 Å². The third-order valence-electron chi connectivity index (χ3n) is 4.82. The molecule has 2 aromatic rings. The minimum absolute atomic E-state index is 0.202. The Kier molecular flexibility index (Phi) is 5.84. The molecule has 140 valence electrons. The zero-order valence-electron chi connectivity index (χ0n) is 16.0. The molecule has 1 aromatic carbocycles. The molecule has 0 aliphatic carbocycles. The summed E-state index contributed by atoms with van der Waals surface area (Å²) in [5.41, 5.74) is 2.92. The van der Waals surface area contributed by atoms with E-state index in [9.17, 15) is 4.39 Å². The Morgan fingerprint density at radius 3 is 2.81 bits per heavy atom. The molecule has 3 rings (SSSR count). The number of rotatable bonds is 6. The minimum Gasteiger partial charge on any atom is -0.497 e. The fourth-order valence-electron chi connectivity index (χ4n) is 3.59. The maximum atomic E-state index is 14.4. The zero-order chi connectivity index (χ0) is 18.7. The second-order valence-electron chi connectivity index (χ2n) is 7.15. The van der Waals surface area contributed by atoms with E-state index >= 15 is 0 Å². The summed E-state index contributed by atoms with van der Waals surface area (Å²) in [7, 11) is 5.64. The van der Waals surface area contributed by atoms with E-state index in [0.717, 1.165) is 43.0 Å². The molecule has 1 atom stereocenters. The molecule has 0 amide bonds. The van der Waals surface area contributed by atoms with Crippen LogP contribution in [0.5, 0.6) is 5.75 Å². The zero-order valence-corrected chi connectivity index (χ0v) is 16.0. The molecule has 1 aliphatic heterocycles. The van der Waals surface area contributed by atoms with E-state index in [0.29, 0.717) is 17.9 Å². The van der Waals surface area contributed by atoms with Crippen molar-refractivity contribution in [2.45, 2.75) is 38.9 Å². The first-order chi connectivity index (χ1) is 12.5. The molecule has 1 aromatic heterocycles. The van der Waals surface area contributed by atoms with Crippen LogP contribution in [0, 0.1) is 12.7 Å². The molecule has 0 N–H and O–H groups in total. The predicted octanol–water partition coefficient (Wildman–Crippen LogP) is 3.33. The van der Waals surface area contributed by atoms with E-state index in [1.54, 1.807) is 7.11 Å². The molecular formula is C20H27FN4O. The molecule has 6 heteroatoms. The average Bonchev–Trinajstić information content (AvgIpc) is 3.06. The third-order valence-corrected chi connectivity index (χ3v) is 4.82. The average molecular weight is 358 g/mol. The van der Waals surface area contributed by atoms with E-state index in [-0.39, 0.29) is 11.9 Å². The number of halogens is 1. The molecular weight excluding hydrogens is 331 g/mol. The van der Waals surface area contributed by atoms with Gasteiger partial charge in [-0.3, -0.25) is 4.90 Å². The van der Waals surface area contributed by atoms with Crippen LogP contribution in [0.1, 0.15) is 41.5 Å². The van der Waals surface area contributed by atoms with E-state index in [2.05, 4.69) is 14.8 Å². The molecule has 0 radical (unpaired) electrons. The molecule has 26 heavy (non-hydrogen) atoms. The summed E-state index contributed by atoms with van der Waals surface area (Å²) in [4.78, 5) is 13.6. The summed E-state index contributed by atoms with van der Waals surface area (Å²) in [5.74, 6) is 1.11. The minimum atomic E-state index is -0.220. The number of ether oxygens (including phenoxy) is 1. The van der Waals surface area contributed by atoms with Gasteiger partial charge in [0, 0.05) is 36.5 Å². The number of likely N-dealkylation sites (tertiary alicyclic amines) is 1. The largest absolute Gasteiger partial charge is 0.497 e. The van der Waals surface area contributed by atoms with E-state index in [4.69, 9.17) is 9.72 Å². The molecule has 2 heterocycles. The Balaban J connectivity index is 1.86. The molecule has 0 unspecified atom stereocenters. The van der Waals surface area contributed by atoms with Crippen molar-refractivity contribution >= 4 is 0 Å². The SMILES string of the molecule is COc1ccc(CN2CCC[C@H]2c2nc(C)ncc2CN(C)C)c(F)c1. The van der Waals surface area contributed by atoms with Gasteiger partial charge in [-0.25, -0.2) is 14.4 Å². The first-order valence-corrected chi connectivity index (χ1v) is 9.01. The van der Waals surface area contributed by atoms with Crippen molar-refractivity contribution in [2.24, 2.45) is 0 Å². The van der Waals surface area contributed by atoms with E-state index in [1.165, 1.54) is 6.07 Å². The second kappa shape index (κ2) is 8.10. The highest BCUT2D eigenvalue weighted by Gasteiger charge is 2.30. The summed E-state index contributed by atoms with van der Waals surface area (Å²) in [6.07, 6.45) is 4.06. The smallest absolute Gasteiger partial charge is 0.131 e. The van der Waals surface area contributed by atoms with Crippen molar-refractivity contribution in [1.82, 2.24) is 19.8 Å². The van der Waals surface area contributed by atoms with Crippen LogP contribution in [0.3, 0.4) is 0 Å². The number of aryl methyl sites for hydroxylation is 1. The molecule has 0 saturated carbocycles. The van der Waals surface area contributed by atoms with Gasteiger partial charge in [0.25, 0.3) is 0 Å². The third kappa shape index (κ3) is 4.19. The number of benzene rings is 1.